The van der Waals surface area contributed by atoms with Crippen molar-refractivity contribution in [3.63, 3.8) is 0 Å². The third-order valence-corrected chi connectivity index (χ3v) is 12.5. The zero-order valence-electron chi connectivity index (χ0n) is 30.0. The van der Waals surface area contributed by atoms with Gasteiger partial charge in [0, 0.05) is 10.8 Å². The van der Waals surface area contributed by atoms with E-state index in [0.717, 1.165) is 0 Å². The number of hydrogen-bond donors (Lipinski definition) is 0. The molecule has 11 rings (SSSR count). The molecule has 2 aliphatic rings. The molecule has 0 N–H and O–H groups in total. The molecule has 0 aliphatic heterocycles. The van der Waals surface area contributed by atoms with Gasteiger partial charge in [0.2, 0.25) is 0 Å². The molecule has 0 saturated heterocycles. The van der Waals surface area contributed by atoms with Gasteiger partial charge in [-0.3, -0.25) is 0 Å². The highest BCUT2D eigenvalue weighted by atomic mass is 14.4. The largest absolute Gasteiger partial charge is 0.0622 e. The molecule has 0 amide bonds. The Kier molecular flexibility index (Phi) is 5.89. The Bertz CT molecular complexity index is 2770. The van der Waals surface area contributed by atoms with Crippen LogP contribution in [0.15, 0.2) is 158 Å². The third-order valence-electron chi connectivity index (χ3n) is 12.5. The predicted molar refractivity (Wildman–Crippen MR) is 222 cm³/mol. The maximum absolute atomic E-state index is 2.45. The second kappa shape index (κ2) is 10.3. The van der Waals surface area contributed by atoms with Crippen LogP contribution in [0.3, 0.4) is 0 Å². The topological polar surface area (TPSA) is 0 Å². The van der Waals surface area contributed by atoms with Crippen molar-refractivity contribution in [1.82, 2.24) is 0 Å². The number of benzene rings is 9. The summed E-state index contributed by atoms with van der Waals surface area (Å²) >= 11 is 0. The Morgan fingerprint density at radius 1 is 0.327 bits per heavy atom. The predicted octanol–water partition coefficient (Wildman–Crippen LogP) is 14.2. The van der Waals surface area contributed by atoms with E-state index >= 15 is 0 Å². The molecule has 0 heteroatoms. The highest BCUT2D eigenvalue weighted by Crippen LogP contribution is 2.60. The molecule has 52 heavy (non-hydrogen) atoms. The van der Waals surface area contributed by atoms with Gasteiger partial charge in [0.25, 0.3) is 0 Å². The van der Waals surface area contributed by atoms with Crippen molar-refractivity contribution in [2.24, 2.45) is 0 Å². The molecular weight excluding hydrogens is 625 g/mol. The molecule has 0 heterocycles. The van der Waals surface area contributed by atoms with Crippen LogP contribution in [-0.4, -0.2) is 0 Å². The van der Waals surface area contributed by atoms with Crippen molar-refractivity contribution in [3.8, 4) is 44.5 Å². The number of fused-ring (bicyclic) bond motifs is 12. The van der Waals surface area contributed by atoms with Gasteiger partial charge in [-0.2, -0.15) is 0 Å². The van der Waals surface area contributed by atoms with E-state index in [-0.39, 0.29) is 10.8 Å². The van der Waals surface area contributed by atoms with Crippen LogP contribution in [0.2, 0.25) is 0 Å². The Morgan fingerprint density at radius 2 is 0.673 bits per heavy atom. The summed E-state index contributed by atoms with van der Waals surface area (Å²) in [6, 6.07) is 59.5. The van der Waals surface area contributed by atoms with E-state index in [1.165, 1.54) is 110 Å². The van der Waals surface area contributed by atoms with Crippen LogP contribution in [0.1, 0.15) is 49.9 Å². The summed E-state index contributed by atoms with van der Waals surface area (Å²) in [5, 5.41) is 10.6. The minimum absolute atomic E-state index is 0.203. The lowest BCUT2D eigenvalue weighted by Crippen LogP contribution is -2.17. The van der Waals surface area contributed by atoms with Gasteiger partial charge in [-0.05, 0) is 134 Å². The van der Waals surface area contributed by atoms with Crippen LogP contribution >= 0.6 is 0 Å². The van der Waals surface area contributed by atoms with Gasteiger partial charge in [0.1, 0.15) is 0 Å². The van der Waals surface area contributed by atoms with Crippen molar-refractivity contribution >= 4 is 43.1 Å². The number of hydrogen-bond acceptors (Lipinski definition) is 0. The Morgan fingerprint density at radius 3 is 1.06 bits per heavy atom. The number of rotatable bonds is 2. The first kappa shape index (κ1) is 29.7. The van der Waals surface area contributed by atoms with Crippen LogP contribution in [0.5, 0.6) is 0 Å². The molecule has 9 aromatic rings. The molecule has 0 atom stereocenters. The molecular formula is C52H38. The molecule has 0 fully saturated rings. The quantitative estimate of drug-likeness (QED) is 0.162. The molecule has 9 aromatic carbocycles. The Balaban J connectivity index is 1.36. The molecule has 0 saturated carbocycles. The van der Waals surface area contributed by atoms with Gasteiger partial charge >= 0.3 is 0 Å². The van der Waals surface area contributed by atoms with E-state index in [1.54, 1.807) is 0 Å². The Labute approximate surface area is 305 Å². The van der Waals surface area contributed by atoms with Crippen LogP contribution in [-0.2, 0) is 10.8 Å². The maximum Gasteiger partial charge on any atom is 0.0165 e. The van der Waals surface area contributed by atoms with Gasteiger partial charge in [-0.15, -0.1) is 0 Å². The molecule has 0 aromatic heterocycles. The van der Waals surface area contributed by atoms with Gasteiger partial charge in [-0.1, -0.05) is 161 Å². The van der Waals surface area contributed by atoms with Gasteiger partial charge in [0.05, 0.1) is 0 Å². The van der Waals surface area contributed by atoms with Crippen LogP contribution in [0, 0.1) is 0 Å². The second-order valence-corrected chi connectivity index (χ2v) is 16.0. The van der Waals surface area contributed by atoms with E-state index in [9.17, 15) is 0 Å². The zero-order chi connectivity index (χ0) is 34.9. The van der Waals surface area contributed by atoms with E-state index in [1.807, 2.05) is 0 Å². The summed E-state index contributed by atoms with van der Waals surface area (Å²) in [5.74, 6) is 0. The second-order valence-electron chi connectivity index (χ2n) is 16.0. The van der Waals surface area contributed by atoms with E-state index < -0.39 is 0 Å². The molecule has 0 unspecified atom stereocenters. The van der Waals surface area contributed by atoms with Crippen LogP contribution in [0.25, 0.3) is 87.6 Å². The summed E-state index contributed by atoms with van der Waals surface area (Å²) < 4.78 is 0. The molecule has 0 nitrogen and oxygen atoms in total. The zero-order valence-corrected chi connectivity index (χ0v) is 30.0. The fraction of sp³-hybridized carbons (Fsp3) is 0.115. The minimum Gasteiger partial charge on any atom is -0.0622 e. The first-order chi connectivity index (χ1) is 25.3. The molecule has 0 bridgehead atoms. The Hall–Kier alpha value is -5.98. The van der Waals surface area contributed by atoms with Crippen molar-refractivity contribution in [1.29, 1.82) is 0 Å². The lowest BCUT2D eigenvalue weighted by atomic mass is 9.73. The van der Waals surface area contributed by atoms with E-state index in [2.05, 4.69) is 185 Å². The summed E-state index contributed by atoms with van der Waals surface area (Å²) in [6.07, 6.45) is 0. The van der Waals surface area contributed by atoms with Crippen molar-refractivity contribution in [2.75, 3.05) is 0 Å². The standard InChI is InChI=1S/C52H38/c1-51(2)43-29-35-21-13-11-19-33(35)27-41(43)37-23-25-39-46(32-17-9-6-10-18-32)48-40(45(47(39)49(37)51)31-15-7-5-8-16-31)26-24-38-42-28-34-20-12-14-22-36(34)30-44(42)52(3,4)50(38)48/h5-30H,1-4H3. The molecule has 0 spiro atoms. The average molecular weight is 663 g/mol. The normalized spacial score (nSPS) is 14.8. The highest BCUT2D eigenvalue weighted by molar-refractivity contribution is 6.26. The molecule has 0 radical (unpaired) electrons. The summed E-state index contributed by atoms with van der Waals surface area (Å²) in [6.45, 7) is 9.78. The first-order valence-corrected chi connectivity index (χ1v) is 18.6. The van der Waals surface area contributed by atoms with Gasteiger partial charge in [-0.25, -0.2) is 0 Å². The fourth-order valence-electron chi connectivity index (χ4n) is 10.2. The van der Waals surface area contributed by atoms with E-state index in [4.69, 9.17) is 0 Å². The minimum atomic E-state index is -0.203. The third kappa shape index (κ3) is 3.82. The summed E-state index contributed by atoms with van der Waals surface area (Å²) in [4.78, 5) is 0. The van der Waals surface area contributed by atoms with Crippen LogP contribution < -0.4 is 0 Å². The fourth-order valence-corrected chi connectivity index (χ4v) is 10.2. The van der Waals surface area contributed by atoms with Gasteiger partial charge in [0.15, 0.2) is 0 Å². The van der Waals surface area contributed by atoms with Crippen LogP contribution in [0.4, 0.5) is 0 Å². The SMILES string of the molecule is CC1(C)c2cc3ccccc3cc2-c2ccc3c(-c4ccccc4)c4c5c(ccc4c(-c4ccccc4)c3c21)-c1cc2ccccc2cc1C5(C)C. The average Bonchev–Trinajstić information content (AvgIpc) is 3.54. The molecule has 2 aliphatic carbocycles. The monoisotopic (exact) mass is 662 g/mol. The highest BCUT2D eigenvalue weighted by Gasteiger charge is 2.41. The maximum atomic E-state index is 2.45. The lowest BCUT2D eigenvalue weighted by molar-refractivity contribution is 0.666. The smallest absolute Gasteiger partial charge is 0.0165 e. The lowest BCUT2D eigenvalue weighted by Gasteiger charge is -2.29. The van der Waals surface area contributed by atoms with E-state index in [0.29, 0.717) is 0 Å². The molecule has 246 valence electrons. The van der Waals surface area contributed by atoms with Crippen molar-refractivity contribution in [2.45, 2.75) is 38.5 Å². The van der Waals surface area contributed by atoms with Crippen molar-refractivity contribution in [3.05, 3.63) is 180 Å². The summed E-state index contributed by atoms with van der Waals surface area (Å²) in [5.41, 5.74) is 15.9. The van der Waals surface area contributed by atoms with Gasteiger partial charge < -0.3 is 0 Å². The first-order valence-electron chi connectivity index (χ1n) is 18.6. The summed E-state index contributed by atoms with van der Waals surface area (Å²) in [7, 11) is 0. The van der Waals surface area contributed by atoms with Crippen molar-refractivity contribution < 1.29 is 0 Å².